The molecule has 150 valence electrons. The molecule has 0 spiro atoms. The Morgan fingerprint density at radius 3 is 2.83 bits per heavy atom. The lowest BCUT2D eigenvalue weighted by molar-refractivity contribution is -0.384. The number of hydrogen-bond acceptors (Lipinski definition) is 8. The first kappa shape index (κ1) is 19.3. The Bertz CT molecular complexity index is 1210. The van der Waals surface area contributed by atoms with Crippen molar-refractivity contribution in [1.82, 2.24) is 19.7 Å². The first-order valence-electron chi connectivity index (χ1n) is 8.65. The Labute approximate surface area is 174 Å². The van der Waals surface area contributed by atoms with Gasteiger partial charge in [0, 0.05) is 29.6 Å². The van der Waals surface area contributed by atoms with Crippen molar-refractivity contribution in [3.63, 3.8) is 0 Å². The van der Waals surface area contributed by atoms with Gasteiger partial charge in [-0.15, -0.1) is 5.10 Å². The second kappa shape index (κ2) is 8.13. The number of halogens is 1. The van der Waals surface area contributed by atoms with Gasteiger partial charge in [-0.3, -0.25) is 19.9 Å². The van der Waals surface area contributed by atoms with Crippen LogP contribution in [0.25, 0.3) is 11.4 Å². The lowest BCUT2D eigenvalue weighted by atomic mass is 10.2. The lowest BCUT2D eigenvalue weighted by Gasteiger charge is -2.06. The van der Waals surface area contributed by atoms with Gasteiger partial charge >= 0.3 is 0 Å². The molecular weight excluding hydrogens is 412 g/mol. The molecule has 1 aromatic carbocycles. The number of carbonyl (C=O) groups is 1. The average molecular weight is 425 g/mol. The van der Waals surface area contributed by atoms with Crippen LogP contribution in [0.5, 0.6) is 0 Å². The maximum absolute atomic E-state index is 13.1. The summed E-state index contributed by atoms with van der Waals surface area (Å²) < 4.78 is 6.32. The van der Waals surface area contributed by atoms with Gasteiger partial charge in [0.25, 0.3) is 11.6 Å². The number of benzene rings is 1. The smallest absolute Gasteiger partial charge is 0.288 e. The molecule has 1 N–H and O–H groups in total. The first-order valence-corrected chi connectivity index (χ1v) is 9.03. The monoisotopic (exact) mass is 424 g/mol. The van der Waals surface area contributed by atoms with E-state index in [0.29, 0.717) is 11.3 Å². The molecule has 0 fully saturated rings. The third-order valence-electron chi connectivity index (χ3n) is 4.11. The van der Waals surface area contributed by atoms with Gasteiger partial charge in [0.1, 0.15) is 10.8 Å². The second-order valence-electron chi connectivity index (χ2n) is 6.07. The first-order chi connectivity index (χ1) is 14.5. The third kappa shape index (κ3) is 3.89. The summed E-state index contributed by atoms with van der Waals surface area (Å²) in [6.45, 7) is 0.256. The van der Waals surface area contributed by atoms with E-state index in [1.165, 1.54) is 18.4 Å². The summed E-state index contributed by atoms with van der Waals surface area (Å²) in [5.41, 5.74) is 0.266. The summed E-state index contributed by atoms with van der Waals surface area (Å²) in [6, 6.07) is 10.8. The van der Waals surface area contributed by atoms with E-state index in [2.05, 4.69) is 20.4 Å². The molecule has 0 amide bonds. The van der Waals surface area contributed by atoms with Crippen molar-refractivity contribution >= 4 is 29.1 Å². The topological polar surface area (TPSA) is 129 Å². The van der Waals surface area contributed by atoms with Crippen LogP contribution < -0.4 is 5.32 Å². The molecule has 0 aliphatic heterocycles. The highest BCUT2D eigenvalue weighted by molar-refractivity contribution is 6.32. The van der Waals surface area contributed by atoms with Gasteiger partial charge in [0.15, 0.2) is 5.82 Å². The van der Waals surface area contributed by atoms with Gasteiger partial charge in [-0.05, 0) is 36.4 Å². The molecule has 0 aliphatic carbocycles. The van der Waals surface area contributed by atoms with Crippen LogP contribution in [0.4, 0.5) is 11.6 Å². The van der Waals surface area contributed by atoms with Crippen LogP contribution in [0.15, 0.2) is 65.5 Å². The summed E-state index contributed by atoms with van der Waals surface area (Å²) in [5.74, 6) is 0.427. The number of nitro benzene ring substituents is 1. The summed E-state index contributed by atoms with van der Waals surface area (Å²) in [6.07, 6.45) is 4.70. The third-order valence-corrected chi connectivity index (χ3v) is 4.43. The molecule has 4 rings (SSSR count). The zero-order valence-corrected chi connectivity index (χ0v) is 16.0. The van der Waals surface area contributed by atoms with Crippen molar-refractivity contribution in [1.29, 1.82) is 0 Å². The minimum atomic E-state index is -0.655. The fourth-order valence-electron chi connectivity index (χ4n) is 2.67. The molecule has 3 aromatic heterocycles. The quantitative estimate of drug-likeness (QED) is 0.365. The number of anilines is 1. The molecular formula is C19H13ClN6O4. The largest absolute Gasteiger partial charge is 0.467 e. The minimum Gasteiger partial charge on any atom is -0.467 e. The average Bonchev–Trinajstić information content (AvgIpc) is 3.42. The Hall–Kier alpha value is -4.05. The van der Waals surface area contributed by atoms with E-state index in [-0.39, 0.29) is 34.6 Å². The van der Waals surface area contributed by atoms with Crippen LogP contribution in [0, 0.1) is 10.1 Å². The summed E-state index contributed by atoms with van der Waals surface area (Å²) in [4.78, 5) is 32.0. The van der Waals surface area contributed by atoms with E-state index in [0.717, 1.165) is 10.7 Å². The predicted molar refractivity (Wildman–Crippen MR) is 107 cm³/mol. The number of nitrogens with one attached hydrogen (secondary N) is 1. The van der Waals surface area contributed by atoms with Crippen molar-refractivity contribution in [2.45, 2.75) is 6.54 Å². The fourth-order valence-corrected chi connectivity index (χ4v) is 2.86. The molecule has 11 heteroatoms. The van der Waals surface area contributed by atoms with Crippen LogP contribution in [0.2, 0.25) is 5.02 Å². The fraction of sp³-hybridized carbons (Fsp3) is 0.0526. The Balaban J connectivity index is 1.73. The number of aromatic nitrogens is 4. The molecule has 0 atom stereocenters. The normalized spacial score (nSPS) is 10.7. The van der Waals surface area contributed by atoms with Crippen LogP contribution in [0.1, 0.15) is 16.1 Å². The van der Waals surface area contributed by atoms with Crippen molar-refractivity contribution in [3.05, 3.63) is 87.6 Å². The van der Waals surface area contributed by atoms with Crippen LogP contribution in [-0.4, -0.2) is 30.6 Å². The summed E-state index contributed by atoms with van der Waals surface area (Å²) >= 11 is 5.85. The van der Waals surface area contributed by atoms with Gasteiger partial charge in [-0.1, -0.05) is 11.6 Å². The van der Waals surface area contributed by atoms with E-state index in [1.807, 2.05) is 0 Å². The Morgan fingerprint density at radius 2 is 2.13 bits per heavy atom. The molecule has 0 saturated carbocycles. The highest BCUT2D eigenvalue weighted by Crippen LogP contribution is 2.26. The number of nitrogens with zero attached hydrogens (tertiary/aromatic N) is 5. The highest BCUT2D eigenvalue weighted by atomic mass is 35.5. The van der Waals surface area contributed by atoms with Crippen molar-refractivity contribution < 1.29 is 14.1 Å². The van der Waals surface area contributed by atoms with Gasteiger partial charge in [-0.25, -0.2) is 0 Å². The minimum absolute atomic E-state index is 0.0368. The zero-order chi connectivity index (χ0) is 21.1. The van der Waals surface area contributed by atoms with Crippen LogP contribution >= 0.6 is 11.6 Å². The zero-order valence-electron chi connectivity index (χ0n) is 15.2. The summed E-state index contributed by atoms with van der Waals surface area (Å²) in [5, 5.41) is 18.4. The molecule has 0 unspecified atom stereocenters. The SMILES string of the molecule is O=C(c1ccc(Cl)c([N+](=O)[O-])c1)n1nc(-c2cccnc2)nc1NCc1ccco1. The van der Waals surface area contributed by atoms with Crippen LogP contribution in [-0.2, 0) is 6.54 Å². The number of pyridine rings is 1. The summed E-state index contributed by atoms with van der Waals surface area (Å²) in [7, 11) is 0. The number of carbonyl (C=O) groups excluding carboxylic acids is 1. The number of nitro groups is 1. The molecule has 0 radical (unpaired) electrons. The van der Waals surface area contributed by atoms with E-state index >= 15 is 0 Å². The van der Waals surface area contributed by atoms with Crippen molar-refractivity contribution in [3.8, 4) is 11.4 Å². The molecule has 0 aliphatic rings. The van der Waals surface area contributed by atoms with Crippen LogP contribution in [0.3, 0.4) is 0 Å². The molecule has 3 heterocycles. The molecule has 0 bridgehead atoms. The van der Waals surface area contributed by atoms with Crippen molar-refractivity contribution in [2.24, 2.45) is 0 Å². The van der Waals surface area contributed by atoms with Gasteiger partial charge in [0.05, 0.1) is 17.7 Å². The maximum atomic E-state index is 13.1. The van der Waals surface area contributed by atoms with E-state index in [4.69, 9.17) is 16.0 Å². The number of rotatable bonds is 6. The van der Waals surface area contributed by atoms with Gasteiger partial charge < -0.3 is 9.73 Å². The van der Waals surface area contributed by atoms with Gasteiger partial charge in [0.2, 0.25) is 5.95 Å². The predicted octanol–water partition coefficient (Wildman–Crippen LogP) is 3.80. The molecule has 30 heavy (non-hydrogen) atoms. The molecule has 4 aromatic rings. The maximum Gasteiger partial charge on any atom is 0.288 e. The number of hydrogen-bond donors (Lipinski definition) is 1. The molecule has 0 saturated heterocycles. The number of furan rings is 1. The molecule has 10 nitrogen and oxygen atoms in total. The van der Waals surface area contributed by atoms with E-state index in [9.17, 15) is 14.9 Å². The van der Waals surface area contributed by atoms with E-state index in [1.54, 1.807) is 36.7 Å². The Kier molecular flexibility index (Phi) is 5.22. The lowest BCUT2D eigenvalue weighted by Crippen LogP contribution is -2.17. The highest BCUT2D eigenvalue weighted by Gasteiger charge is 2.22. The second-order valence-corrected chi connectivity index (χ2v) is 6.48. The van der Waals surface area contributed by atoms with Gasteiger partial charge in [-0.2, -0.15) is 9.67 Å². The van der Waals surface area contributed by atoms with E-state index < -0.39 is 10.8 Å². The Morgan fingerprint density at radius 1 is 1.27 bits per heavy atom. The standard InChI is InChI=1S/C19H13ClN6O4/c20-15-6-5-12(9-16(15)26(28)29)18(27)25-19(22-11-14-4-2-8-30-14)23-17(24-25)13-3-1-7-21-10-13/h1-10H,11H2,(H,22,23,24). The van der Waals surface area contributed by atoms with Crippen molar-refractivity contribution in [2.75, 3.05) is 5.32 Å².